The Labute approximate surface area is 163 Å². The molecule has 0 aliphatic heterocycles. The van der Waals surface area contributed by atoms with Gasteiger partial charge >= 0.3 is 23.7 Å². The van der Waals surface area contributed by atoms with Gasteiger partial charge in [0.2, 0.25) is 0 Å². The lowest BCUT2D eigenvalue weighted by Crippen LogP contribution is -2.15. The maximum atomic E-state index is 13.0. The van der Waals surface area contributed by atoms with E-state index in [0.29, 0.717) is 28.4 Å². The molecule has 0 N–H and O–H groups in total. The summed E-state index contributed by atoms with van der Waals surface area (Å²) < 4.78 is 77.7. The number of hydrogen-bond donors (Lipinski definition) is 0. The van der Waals surface area contributed by atoms with Crippen LogP contribution in [0.15, 0.2) is 22.0 Å². The number of alkyl halides is 6. The Morgan fingerprint density at radius 2 is 1.36 bits per heavy atom. The first-order chi connectivity index (χ1) is 12.6. The van der Waals surface area contributed by atoms with Gasteiger partial charge in [0, 0.05) is 12.7 Å². The number of anilines is 2. The summed E-state index contributed by atoms with van der Waals surface area (Å²) in [6, 6.07) is 0.620. The average Bonchev–Trinajstić information content (AvgIpc) is 2.89. The molecule has 2 rings (SSSR count). The van der Waals surface area contributed by atoms with Gasteiger partial charge in [-0.25, -0.2) is 0 Å². The van der Waals surface area contributed by atoms with Gasteiger partial charge in [-0.05, 0) is 34.1 Å². The first kappa shape index (κ1) is 21.9. The van der Waals surface area contributed by atoms with Crippen LogP contribution in [0, 0.1) is 20.2 Å². The standard InChI is InChI=1S/C13H6BrF6N3O4S/c1-21(11-9(23(26)27)8(22(24)25)10(14)28-11)7-3-5(12(15,16)17)2-6(4-7)13(18,19)20/h2-4H,1H3. The third-order valence-corrected chi connectivity index (χ3v) is 5.32. The zero-order valence-electron chi connectivity index (χ0n) is 13.3. The Kier molecular flexibility index (Phi) is 5.62. The van der Waals surface area contributed by atoms with E-state index in [2.05, 4.69) is 15.9 Å². The van der Waals surface area contributed by atoms with Gasteiger partial charge < -0.3 is 4.90 Å². The van der Waals surface area contributed by atoms with Crippen LogP contribution in [0.4, 0.5) is 48.4 Å². The van der Waals surface area contributed by atoms with Crippen LogP contribution in [-0.4, -0.2) is 16.9 Å². The van der Waals surface area contributed by atoms with Crippen LogP contribution in [0.25, 0.3) is 0 Å². The smallest absolute Gasteiger partial charge is 0.330 e. The van der Waals surface area contributed by atoms with E-state index in [0.717, 1.165) is 7.05 Å². The first-order valence-electron chi connectivity index (χ1n) is 6.79. The minimum atomic E-state index is -5.12. The fraction of sp³-hybridized carbons (Fsp3) is 0.231. The molecule has 0 saturated carbocycles. The van der Waals surface area contributed by atoms with Gasteiger partial charge in [0.1, 0.15) is 0 Å². The Morgan fingerprint density at radius 3 is 1.71 bits per heavy atom. The Morgan fingerprint density at radius 1 is 0.929 bits per heavy atom. The Hall–Kier alpha value is -2.42. The van der Waals surface area contributed by atoms with E-state index in [1.165, 1.54) is 0 Å². The normalized spacial score (nSPS) is 12.1. The molecule has 0 bridgehead atoms. The molecule has 1 aromatic heterocycles. The van der Waals surface area contributed by atoms with Crippen molar-refractivity contribution >= 4 is 49.3 Å². The van der Waals surface area contributed by atoms with E-state index < -0.39 is 55.4 Å². The molecule has 1 aromatic carbocycles. The molecule has 152 valence electrons. The molecule has 0 atom stereocenters. The van der Waals surface area contributed by atoms with E-state index in [1.807, 2.05) is 0 Å². The van der Waals surface area contributed by atoms with Crippen LogP contribution in [0.1, 0.15) is 11.1 Å². The second-order valence-electron chi connectivity index (χ2n) is 5.22. The van der Waals surface area contributed by atoms with Crippen LogP contribution in [0.5, 0.6) is 0 Å². The van der Waals surface area contributed by atoms with Crippen molar-refractivity contribution in [1.29, 1.82) is 0 Å². The molecule has 0 saturated heterocycles. The topological polar surface area (TPSA) is 89.5 Å². The number of halogens is 7. The Bertz CT molecular complexity index is 927. The molecular weight excluding hydrogens is 488 g/mol. The number of hydrogen-bond acceptors (Lipinski definition) is 6. The second-order valence-corrected chi connectivity index (χ2v) is 7.53. The molecule has 0 radical (unpaired) electrons. The van der Waals surface area contributed by atoms with Crippen molar-refractivity contribution in [3.63, 3.8) is 0 Å². The van der Waals surface area contributed by atoms with Crippen LogP contribution in [-0.2, 0) is 12.4 Å². The SMILES string of the molecule is CN(c1cc(C(F)(F)F)cc(C(F)(F)F)c1)c1sc(Br)c([N+](=O)[O-])c1[N+](=O)[O-]. The minimum Gasteiger partial charge on any atom is -0.330 e. The predicted octanol–water partition coefficient (Wildman–Crippen LogP) is 6.13. The first-order valence-corrected chi connectivity index (χ1v) is 8.39. The van der Waals surface area contributed by atoms with Crippen molar-refractivity contribution < 1.29 is 36.2 Å². The maximum Gasteiger partial charge on any atom is 0.416 e. The van der Waals surface area contributed by atoms with E-state index in [9.17, 15) is 46.6 Å². The summed E-state index contributed by atoms with van der Waals surface area (Å²) >= 11 is 3.18. The highest BCUT2D eigenvalue weighted by atomic mass is 79.9. The molecule has 0 fully saturated rings. The molecule has 0 aliphatic carbocycles. The minimum absolute atomic E-state index is 0.0987. The van der Waals surface area contributed by atoms with Gasteiger partial charge in [-0.1, -0.05) is 11.3 Å². The average molecular weight is 494 g/mol. The largest absolute Gasteiger partial charge is 0.416 e. The highest BCUT2D eigenvalue weighted by molar-refractivity contribution is 9.11. The van der Waals surface area contributed by atoms with Gasteiger partial charge in [-0.15, -0.1) is 0 Å². The van der Waals surface area contributed by atoms with E-state index in [-0.39, 0.29) is 9.85 Å². The number of thiophene rings is 1. The lowest BCUT2D eigenvalue weighted by molar-refractivity contribution is -0.421. The van der Waals surface area contributed by atoms with Crippen molar-refractivity contribution in [2.45, 2.75) is 12.4 Å². The van der Waals surface area contributed by atoms with E-state index in [1.54, 1.807) is 0 Å². The zero-order valence-corrected chi connectivity index (χ0v) is 15.7. The van der Waals surface area contributed by atoms with Crippen molar-refractivity contribution in [2.75, 3.05) is 11.9 Å². The lowest BCUT2D eigenvalue weighted by Gasteiger charge is -2.20. The summed E-state index contributed by atoms with van der Waals surface area (Å²) in [5.41, 5.74) is -5.96. The van der Waals surface area contributed by atoms with Crippen molar-refractivity contribution in [2.24, 2.45) is 0 Å². The molecule has 0 spiro atoms. The number of rotatable bonds is 4. The third kappa shape index (κ3) is 4.19. The lowest BCUT2D eigenvalue weighted by atomic mass is 10.1. The van der Waals surface area contributed by atoms with Crippen molar-refractivity contribution in [3.05, 3.63) is 53.3 Å². The monoisotopic (exact) mass is 493 g/mol. The molecule has 15 heteroatoms. The van der Waals surface area contributed by atoms with Crippen LogP contribution >= 0.6 is 27.3 Å². The Balaban J connectivity index is 2.74. The molecule has 2 aromatic rings. The molecular formula is C13H6BrF6N3O4S. The van der Waals surface area contributed by atoms with Gasteiger partial charge in [-0.2, -0.15) is 26.3 Å². The van der Waals surface area contributed by atoms with Gasteiger partial charge in [0.15, 0.2) is 8.79 Å². The molecule has 0 unspecified atom stereocenters. The number of nitrogens with zero attached hydrogens (tertiary/aromatic N) is 3. The second kappa shape index (κ2) is 7.20. The van der Waals surface area contributed by atoms with Crippen LogP contribution in [0.2, 0.25) is 0 Å². The van der Waals surface area contributed by atoms with Gasteiger partial charge in [0.05, 0.1) is 21.0 Å². The maximum absolute atomic E-state index is 13.0. The molecule has 0 amide bonds. The highest BCUT2D eigenvalue weighted by Crippen LogP contribution is 2.51. The molecule has 1 heterocycles. The van der Waals surface area contributed by atoms with Crippen LogP contribution < -0.4 is 4.90 Å². The molecule has 0 aliphatic rings. The highest BCUT2D eigenvalue weighted by Gasteiger charge is 2.40. The molecule has 28 heavy (non-hydrogen) atoms. The number of benzene rings is 1. The van der Waals surface area contributed by atoms with Gasteiger partial charge in [-0.3, -0.25) is 20.2 Å². The summed E-state index contributed by atoms with van der Waals surface area (Å²) in [7, 11) is 0.963. The van der Waals surface area contributed by atoms with Crippen LogP contribution in [0.3, 0.4) is 0 Å². The number of nitro groups is 2. The summed E-state index contributed by atoms with van der Waals surface area (Å²) in [6.45, 7) is 0. The summed E-state index contributed by atoms with van der Waals surface area (Å²) in [5, 5.41) is 21.8. The summed E-state index contributed by atoms with van der Waals surface area (Å²) in [4.78, 5) is 20.7. The quantitative estimate of drug-likeness (QED) is 0.290. The summed E-state index contributed by atoms with van der Waals surface area (Å²) in [6.07, 6.45) is -10.2. The van der Waals surface area contributed by atoms with Crippen molar-refractivity contribution in [3.8, 4) is 0 Å². The van der Waals surface area contributed by atoms with E-state index >= 15 is 0 Å². The van der Waals surface area contributed by atoms with Gasteiger partial charge in [0.25, 0.3) is 0 Å². The van der Waals surface area contributed by atoms with Crippen molar-refractivity contribution in [1.82, 2.24) is 0 Å². The predicted molar refractivity (Wildman–Crippen MR) is 89.8 cm³/mol. The van der Waals surface area contributed by atoms with E-state index in [4.69, 9.17) is 0 Å². The zero-order chi connectivity index (χ0) is 21.6. The molecule has 7 nitrogen and oxygen atoms in total. The third-order valence-electron chi connectivity index (χ3n) is 3.43. The fourth-order valence-corrected chi connectivity index (χ4v) is 3.92. The fourth-order valence-electron chi connectivity index (χ4n) is 2.18. The summed E-state index contributed by atoms with van der Waals surface area (Å²) in [5.74, 6) is 0.